The first-order valence-corrected chi connectivity index (χ1v) is 9.24. The molecule has 0 saturated carbocycles. The number of hydrogen-bond donors (Lipinski definition) is 0. The van der Waals surface area contributed by atoms with Crippen molar-refractivity contribution in [3.8, 4) is 11.8 Å². The lowest BCUT2D eigenvalue weighted by Gasteiger charge is -2.12. The zero-order chi connectivity index (χ0) is 18.4. The molecule has 0 radical (unpaired) electrons. The van der Waals surface area contributed by atoms with Crippen molar-refractivity contribution in [1.29, 1.82) is 5.26 Å². The van der Waals surface area contributed by atoms with Gasteiger partial charge in [-0.25, -0.2) is 3.11 Å². The largest absolute Gasteiger partial charge is 0.492 e. The lowest BCUT2D eigenvalue weighted by molar-refractivity contribution is -0.130. The number of nitriles is 1. The number of halogens is 3. The summed E-state index contributed by atoms with van der Waals surface area (Å²) in [4.78, 5) is 32.4. The highest BCUT2D eigenvalue weighted by Gasteiger charge is 2.26. The summed E-state index contributed by atoms with van der Waals surface area (Å²) in [5, 5.41) is 9.22. The normalized spacial score (nSPS) is 13.2. The van der Waals surface area contributed by atoms with Gasteiger partial charge in [-0.05, 0) is 42.5 Å². The predicted octanol–water partition coefficient (Wildman–Crippen LogP) is 3.90. The molecule has 9 heteroatoms. The number of ether oxygens (including phenoxy) is 1. The third-order valence-electron chi connectivity index (χ3n) is 2.94. The Bertz CT molecular complexity index is 715. The molecular formula is C15H13ClI2N2O4. The summed E-state index contributed by atoms with van der Waals surface area (Å²) < 4.78 is 7.11. The molecule has 1 saturated heterocycles. The summed E-state index contributed by atoms with van der Waals surface area (Å²) in [5.41, 5.74) is 0.756. The van der Waals surface area contributed by atoms with Gasteiger partial charge in [0.05, 0.1) is 49.2 Å². The Morgan fingerprint density at radius 1 is 1.42 bits per heavy atom. The van der Waals surface area contributed by atoms with Gasteiger partial charge in [0.15, 0.2) is 5.78 Å². The van der Waals surface area contributed by atoms with Crippen LogP contribution in [0, 0.1) is 14.9 Å². The average Bonchev–Trinajstić information content (AvgIpc) is 2.82. The first-order chi connectivity index (χ1) is 11.2. The number of nitrogens with zero attached hydrogens (tertiary/aromatic N) is 2. The molecule has 1 aromatic carbocycles. The number of carbonyl (C=O) groups is 3. The maximum Gasteiger partial charge on any atom is 0.238 e. The van der Waals surface area contributed by atoms with E-state index in [2.05, 4.69) is 0 Å². The van der Waals surface area contributed by atoms with Crippen LogP contribution in [0.4, 0.5) is 0 Å². The van der Waals surface area contributed by atoms with E-state index in [9.17, 15) is 14.4 Å². The molecule has 0 aliphatic carbocycles. The SMILES string of the molecule is CCOc1c(C(C)=O)cc(Cl)c(C#N)c1I.O=C1CCC(=O)N1I. The molecule has 0 spiro atoms. The maximum absolute atomic E-state index is 11.4. The van der Waals surface area contributed by atoms with Gasteiger partial charge in [0.2, 0.25) is 11.8 Å². The Hall–Kier alpha value is -0.930. The molecule has 1 heterocycles. The number of amides is 2. The quantitative estimate of drug-likeness (QED) is 0.237. The van der Waals surface area contributed by atoms with E-state index in [1.807, 2.05) is 35.6 Å². The summed E-state index contributed by atoms with van der Waals surface area (Å²) in [5.74, 6) is 0.163. The van der Waals surface area contributed by atoms with Gasteiger partial charge in [0, 0.05) is 12.8 Å². The molecule has 0 N–H and O–H groups in total. The Morgan fingerprint density at radius 2 is 1.96 bits per heavy atom. The van der Waals surface area contributed by atoms with Crippen LogP contribution in [-0.4, -0.2) is 27.3 Å². The number of ketones is 1. The van der Waals surface area contributed by atoms with E-state index in [1.54, 1.807) is 22.9 Å². The highest BCUT2D eigenvalue weighted by molar-refractivity contribution is 14.1. The lowest BCUT2D eigenvalue weighted by atomic mass is 10.1. The van der Waals surface area contributed by atoms with Crippen molar-refractivity contribution in [3.05, 3.63) is 25.8 Å². The Labute approximate surface area is 172 Å². The minimum absolute atomic E-state index is 0.0735. The van der Waals surface area contributed by atoms with Crippen LogP contribution < -0.4 is 4.74 Å². The second kappa shape index (κ2) is 9.53. The fraction of sp³-hybridized carbons (Fsp3) is 0.333. The molecular weight excluding hydrogens is 561 g/mol. The van der Waals surface area contributed by atoms with E-state index in [0.717, 1.165) is 3.11 Å². The van der Waals surface area contributed by atoms with Gasteiger partial charge in [-0.15, -0.1) is 0 Å². The summed E-state index contributed by atoms with van der Waals surface area (Å²) >= 11 is 9.60. The number of imide groups is 1. The fourth-order valence-electron chi connectivity index (χ4n) is 1.80. The minimum atomic E-state index is -0.132. The molecule has 0 atom stereocenters. The third-order valence-corrected chi connectivity index (χ3v) is 5.35. The molecule has 2 rings (SSSR count). The van der Waals surface area contributed by atoms with E-state index >= 15 is 0 Å². The average molecular weight is 575 g/mol. The molecule has 2 amide bonds. The predicted molar refractivity (Wildman–Crippen MR) is 105 cm³/mol. The van der Waals surface area contributed by atoms with Gasteiger partial charge in [0.25, 0.3) is 0 Å². The monoisotopic (exact) mass is 574 g/mol. The minimum Gasteiger partial charge on any atom is -0.492 e. The summed E-state index contributed by atoms with van der Waals surface area (Å²) in [7, 11) is 0. The van der Waals surface area contributed by atoms with E-state index < -0.39 is 0 Å². The van der Waals surface area contributed by atoms with Crippen molar-refractivity contribution in [2.45, 2.75) is 26.7 Å². The summed E-state index contributed by atoms with van der Waals surface area (Å²) in [6.07, 6.45) is 0.781. The second-order valence-electron chi connectivity index (χ2n) is 4.59. The van der Waals surface area contributed by atoms with Crippen LogP contribution in [0.2, 0.25) is 5.02 Å². The summed E-state index contributed by atoms with van der Waals surface area (Å²) in [6, 6.07) is 3.48. The van der Waals surface area contributed by atoms with Gasteiger partial charge in [0.1, 0.15) is 11.8 Å². The van der Waals surface area contributed by atoms with Crippen LogP contribution in [0.5, 0.6) is 5.75 Å². The second-order valence-corrected chi connectivity index (χ2v) is 7.04. The number of Topliss-reactive ketones (excluding diaryl/α,β-unsaturated/α-hetero) is 1. The highest BCUT2D eigenvalue weighted by atomic mass is 127. The van der Waals surface area contributed by atoms with Crippen molar-refractivity contribution in [3.63, 3.8) is 0 Å². The molecule has 0 unspecified atom stereocenters. The number of carbonyl (C=O) groups excluding carboxylic acids is 3. The third kappa shape index (κ3) is 5.03. The highest BCUT2D eigenvalue weighted by Crippen LogP contribution is 2.34. The topological polar surface area (TPSA) is 87.5 Å². The number of hydrogen-bond acceptors (Lipinski definition) is 5. The van der Waals surface area contributed by atoms with E-state index in [1.165, 1.54) is 13.0 Å². The van der Waals surface area contributed by atoms with E-state index in [0.29, 0.717) is 39.9 Å². The Morgan fingerprint density at radius 3 is 2.29 bits per heavy atom. The number of rotatable bonds is 3. The van der Waals surface area contributed by atoms with Crippen LogP contribution in [0.3, 0.4) is 0 Å². The first-order valence-electron chi connectivity index (χ1n) is 6.81. The van der Waals surface area contributed by atoms with Crippen molar-refractivity contribution >= 4 is 74.7 Å². The molecule has 24 heavy (non-hydrogen) atoms. The van der Waals surface area contributed by atoms with Crippen LogP contribution >= 0.6 is 57.1 Å². The van der Waals surface area contributed by atoms with E-state index in [4.69, 9.17) is 21.6 Å². The molecule has 0 aromatic heterocycles. The van der Waals surface area contributed by atoms with Crippen LogP contribution in [0.15, 0.2) is 6.07 Å². The maximum atomic E-state index is 11.4. The molecule has 1 fully saturated rings. The fourth-order valence-corrected chi connectivity index (χ4v) is 3.54. The lowest BCUT2D eigenvalue weighted by Crippen LogP contribution is -2.16. The van der Waals surface area contributed by atoms with Crippen molar-refractivity contribution in [2.75, 3.05) is 6.61 Å². The molecule has 1 aromatic rings. The molecule has 1 aliphatic rings. The van der Waals surface area contributed by atoms with Crippen LogP contribution in [-0.2, 0) is 9.59 Å². The van der Waals surface area contributed by atoms with Gasteiger partial charge in [-0.3, -0.25) is 14.4 Å². The molecule has 1 aliphatic heterocycles. The van der Waals surface area contributed by atoms with Crippen LogP contribution in [0.25, 0.3) is 0 Å². The zero-order valence-electron chi connectivity index (χ0n) is 12.9. The molecule has 128 valence electrons. The van der Waals surface area contributed by atoms with Gasteiger partial charge in [-0.2, -0.15) is 5.26 Å². The van der Waals surface area contributed by atoms with E-state index in [-0.39, 0.29) is 22.6 Å². The zero-order valence-corrected chi connectivity index (χ0v) is 17.9. The van der Waals surface area contributed by atoms with Gasteiger partial charge in [-0.1, -0.05) is 11.6 Å². The van der Waals surface area contributed by atoms with Crippen LogP contribution in [0.1, 0.15) is 42.6 Å². The van der Waals surface area contributed by atoms with Crippen molar-refractivity contribution < 1.29 is 19.1 Å². The van der Waals surface area contributed by atoms with Gasteiger partial charge >= 0.3 is 0 Å². The first kappa shape index (κ1) is 21.1. The Balaban J connectivity index is 0.000000300. The molecule has 0 bridgehead atoms. The summed E-state index contributed by atoms with van der Waals surface area (Å²) in [6.45, 7) is 3.69. The van der Waals surface area contributed by atoms with Crippen molar-refractivity contribution in [2.24, 2.45) is 0 Å². The van der Waals surface area contributed by atoms with Crippen molar-refractivity contribution in [1.82, 2.24) is 3.11 Å². The standard InChI is InChI=1S/C11H9ClINO2.C4H4INO2/c1-3-16-11-7(6(2)15)4-9(12)8(5-14)10(11)13;5-6-3(7)1-2-4(6)8/h4H,3H2,1-2H3;1-2H2. The number of benzene rings is 1. The smallest absolute Gasteiger partial charge is 0.238 e. The molecule has 6 nitrogen and oxygen atoms in total. The van der Waals surface area contributed by atoms with Gasteiger partial charge < -0.3 is 4.74 Å². The Kier molecular flexibility index (Phi) is 8.38.